The molecule has 0 aliphatic rings. The van der Waals surface area contributed by atoms with Gasteiger partial charge in [0.25, 0.3) is 0 Å². The molecule has 0 aliphatic carbocycles. The number of benzene rings is 2. The van der Waals surface area contributed by atoms with Crippen LogP contribution in [0.1, 0.15) is 36.5 Å². The molecule has 0 aromatic heterocycles. The molecule has 0 atom stereocenters. The average Bonchev–Trinajstić information content (AvgIpc) is 2.38. The van der Waals surface area contributed by atoms with Crippen molar-refractivity contribution in [1.82, 2.24) is 0 Å². The Balaban J connectivity index is 2.17. The highest BCUT2D eigenvalue weighted by Gasteiger charge is 1.96. The van der Waals surface area contributed by atoms with E-state index >= 15 is 0 Å². The molecule has 0 unspecified atom stereocenters. The first-order valence-corrected chi connectivity index (χ1v) is 5.93. The molecule has 2 rings (SSSR count). The van der Waals surface area contributed by atoms with Crippen LogP contribution in [0.3, 0.4) is 0 Å². The summed E-state index contributed by atoms with van der Waals surface area (Å²) in [6, 6.07) is 18.5. The molecule has 0 saturated heterocycles. The van der Waals surface area contributed by atoms with Crippen LogP contribution in [0.25, 0.3) is 0 Å². The van der Waals surface area contributed by atoms with Gasteiger partial charge in [-0.1, -0.05) is 56.0 Å². The number of hydrogen-bond acceptors (Lipinski definition) is 0. The Hall–Kier alpha value is -2.00. The maximum absolute atomic E-state index is 3.18. The van der Waals surface area contributed by atoms with Gasteiger partial charge in [-0.25, -0.2) is 0 Å². The second-order valence-electron chi connectivity index (χ2n) is 4.39. The summed E-state index contributed by atoms with van der Waals surface area (Å²) in [6.45, 7) is 4.40. The van der Waals surface area contributed by atoms with Crippen LogP contribution in [0, 0.1) is 11.8 Å². The topological polar surface area (TPSA) is 0 Å². The fourth-order valence-electron chi connectivity index (χ4n) is 1.62. The van der Waals surface area contributed by atoms with Crippen molar-refractivity contribution >= 4 is 0 Å². The molecule has 0 amide bonds. The lowest BCUT2D eigenvalue weighted by molar-refractivity contribution is 0.866. The first-order valence-electron chi connectivity index (χ1n) is 5.93. The van der Waals surface area contributed by atoms with Crippen LogP contribution >= 0.6 is 0 Å². The largest absolute Gasteiger partial charge is 0.0622 e. The quantitative estimate of drug-likeness (QED) is 0.631. The van der Waals surface area contributed by atoms with E-state index in [4.69, 9.17) is 0 Å². The van der Waals surface area contributed by atoms with E-state index in [1.807, 2.05) is 30.3 Å². The Morgan fingerprint density at radius 2 is 1.24 bits per heavy atom. The van der Waals surface area contributed by atoms with Gasteiger partial charge < -0.3 is 0 Å². The molecular formula is C17H16. The molecule has 0 radical (unpaired) electrons. The summed E-state index contributed by atoms with van der Waals surface area (Å²) < 4.78 is 0. The third kappa shape index (κ3) is 3.23. The molecule has 2 aromatic rings. The minimum atomic E-state index is 0.575. The van der Waals surface area contributed by atoms with Crippen molar-refractivity contribution in [3.8, 4) is 11.8 Å². The van der Waals surface area contributed by atoms with Crippen LogP contribution in [0.2, 0.25) is 0 Å². The summed E-state index contributed by atoms with van der Waals surface area (Å²) in [5, 5.41) is 0. The van der Waals surface area contributed by atoms with Crippen molar-refractivity contribution in [1.29, 1.82) is 0 Å². The van der Waals surface area contributed by atoms with Crippen molar-refractivity contribution in [2.75, 3.05) is 0 Å². The molecular weight excluding hydrogens is 204 g/mol. The van der Waals surface area contributed by atoms with Gasteiger partial charge >= 0.3 is 0 Å². The number of hydrogen-bond donors (Lipinski definition) is 0. The normalized spacial score (nSPS) is 9.82. The van der Waals surface area contributed by atoms with Gasteiger partial charge in [0.15, 0.2) is 0 Å². The molecule has 2 aromatic carbocycles. The van der Waals surface area contributed by atoms with Crippen LogP contribution in [0.15, 0.2) is 54.6 Å². The smallest absolute Gasteiger partial charge is 0.0249 e. The van der Waals surface area contributed by atoms with Gasteiger partial charge in [0, 0.05) is 11.1 Å². The fourth-order valence-corrected chi connectivity index (χ4v) is 1.62. The number of rotatable bonds is 1. The SMILES string of the molecule is CC(C)c1ccc(C#Cc2ccccc2)cc1. The Morgan fingerprint density at radius 3 is 1.76 bits per heavy atom. The van der Waals surface area contributed by atoms with Crippen LogP contribution in [-0.2, 0) is 0 Å². The van der Waals surface area contributed by atoms with Crippen molar-refractivity contribution in [3.05, 3.63) is 71.3 Å². The Morgan fingerprint density at radius 1 is 0.706 bits per heavy atom. The average molecular weight is 220 g/mol. The summed E-state index contributed by atoms with van der Waals surface area (Å²) in [7, 11) is 0. The highest BCUT2D eigenvalue weighted by Crippen LogP contribution is 2.14. The van der Waals surface area contributed by atoms with Gasteiger partial charge in [0.1, 0.15) is 0 Å². The first kappa shape index (κ1) is 11.5. The molecule has 0 fully saturated rings. The highest BCUT2D eigenvalue weighted by molar-refractivity contribution is 5.43. The van der Waals surface area contributed by atoms with Crippen molar-refractivity contribution < 1.29 is 0 Å². The molecule has 84 valence electrons. The molecule has 0 heteroatoms. The van der Waals surface area contributed by atoms with Crippen LogP contribution in [0.5, 0.6) is 0 Å². The summed E-state index contributed by atoms with van der Waals surface area (Å²) in [5.74, 6) is 6.91. The zero-order valence-corrected chi connectivity index (χ0v) is 10.3. The Bertz CT molecular complexity index is 522. The summed E-state index contributed by atoms with van der Waals surface area (Å²) in [6.07, 6.45) is 0. The van der Waals surface area contributed by atoms with Gasteiger partial charge in [0.05, 0.1) is 0 Å². The van der Waals surface area contributed by atoms with E-state index in [1.165, 1.54) is 5.56 Å². The van der Waals surface area contributed by atoms with Crippen LogP contribution < -0.4 is 0 Å². The fraction of sp³-hybridized carbons (Fsp3) is 0.176. The minimum Gasteiger partial charge on any atom is -0.0622 e. The molecule has 0 nitrogen and oxygen atoms in total. The van der Waals surface area contributed by atoms with E-state index in [9.17, 15) is 0 Å². The summed E-state index contributed by atoms with van der Waals surface area (Å²) in [5.41, 5.74) is 3.48. The lowest BCUT2D eigenvalue weighted by Crippen LogP contribution is -1.86. The molecule has 0 heterocycles. The van der Waals surface area contributed by atoms with Crippen molar-refractivity contribution in [2.45, 2.75) is 19.8 Å². The standard InChI is InChI=1S/C17H16/c1-14(2)17-12-10-16(11-13-17)9-8-15-6-4-3-5-7-15/h3-7,10-14H,1-2H3. The molecule has 0 bridgehead atoms. The van der Waals surface area contributed by atoms with E-state index in [0.29, 0.717) is 5.92 Å². The lowest BCUT2D eigenvalue weighted by atomic mass is 10.0. The van der Waals surface area contributed by atoms with Crippen molar-refractivity contribution in [3.63, 3.8) is 0 Å². The first-order chi connectivity index (χ1) is 8.25. The molecule has 0 saturated carbocycles. The van der Waals surface area contributed by atoms with Gasteiger partial charge in [-0.2, -0.15) is 0 Å². The lowest BCUT2D eigenvalue weighted by Gasteiger charge is -2.03. The predicted molar refractivity (Wildman–Crippen MR) is 73.0 cm³/mol. The summed E-state index contributed by atoms with van der Waals surface area (Å²) >= 11 is 0. The van der Waals surface area contributed by atoms with E-state index < -0.39 is 0 Å². The third-order valence-electron chi connectivity index (χ3n) is 2.70. The van der Waals surface area contributed by atoms with Gasteiger partial charge in [-0.15, -0.1) is 0 Å². The van der Waals surface area contributed by atoms with E-state index in [1.54, 1.807) is 0 Å². The monoisotopic (exact) mass is 220 g/mol. The second-order valence-corrected chi connectivity index (χ2v) is 4.39. The second kappa shape index (κ2) is 5.37. The Labute approximate surface area is 103 Å². The maximum Gasteiger partial charge on any atom is 0.0249 e. The highest BCUT2D eigenvalue weighted by atomic mass is 14.0. The zero-order chi connectivity index (χ0) is 12.1. The molecule has 0 aliphatic heterocycles. The van der Waals surface area contributed by atoms with Crippen LogP contribution in [-0.4, -0.2) is 0 Å². The van der Waals surface area contributed by atoms with Crippen LogP contribution in [0.4, 0.5) is 0 Å². The van der Waals surface area contributed by atoms with Crippen molar-refractivity contribution in [2.24, 2.45) is 0 Å². The maximum atomic E-state index is 3.18. The van der Waals surface area contributed by atoms with Gasteiger partial charge in [-0.3, -0.25) is 0 Å². The molecule has 0 spiro atoms. The minimum absolute atomic E-state index is 0.575. The molecule has 0 N–H and O–H groups in total. The third-order valence-corrected chi connectivity index (χ3v) is 2.70. The van der Waals surface area contributed by atoms with E-state index in [0.717, 1.165) is 11.1 Å². The summed E-state index contributed by atoms with van der Waals surface area (Å²) in [4.78, 5) is 0. The zero-order valence-electron chi connectivity index (χ0n) is 10.3. The Kier molecular flexibility index (Phi) is 3.62. The van der Waals surface area contributed by atoms with E-state index in [2.05, 4.69) is 50.0 Å². The molecule has 17 heavy (non-hydrogen) atoms. The predicted octanol–water partition coefficient (Wildman–Crippen LogP) is 4.21. The van der Waals surface area contributed by atoms with Gasteiger partial charge in [-0.05, 0) is 35.7 Å². The van der Waals surface area contributed by atoms with Gasteiger partial charge in [0.2, 0.25) is 0 Å². The van der Waals surface area contributed by atoms with E-state index in [-0.39, 0.29) is 0 Å².